The molecule has 2 heterocycles. The molecule has 0 aliphatic rings. The summed E-state index contributed by atoms with van der Waals surface area (Å²) in [4.78, 5) is 17.3. The second-order valence-corrected chi connectivity index (χ2v) is 7.87. The molecule has 0 spiro atoms. The van der Waals surface area contributed by atoms with Crippen LogP contribution in [0.1, 0.15) is 32.6 Å². The van der Waals surface area contributed by atoms with Gasteiger partial charge in [-0.15, -0.1) is 0 Å². The molecule has 0 saturated carbocycles. The summed E-state index contributed by atoms with van der Waals surface area (Å²) in [5, 5.41) is 7.12. The Kier molecular flexibility index (Phi) is 5.33. The Labute approximate surface area is 181 Å². The van der Waals surface area contributed by atoms with Crippen LogP contribution in [0.25, 0.3) is 11.3 Å². The number of nitrogens with two attached hydrogens (primary N) is 1. The molecule has 7 heteroatoms. The van der Waals surface area contributed by atoms with E-state index in [1.165, 1.54) is 16.7 Å². The molecule has 0 saturated heterocycles. The van der Waals surface area contributed by atoms with Crippen molar-refractivity contribution in [2.24, 2.45) is 7.05 Å². The van der Waals surface area contributed by atoms with Gasteiger partial charge in [0, 0.05) is 24.4 Å². The van der Waals surface area contributed by atoms with E-state index in [2.05, 4.69) is 48.3 Å². The minimum Gasteiger partial charge on any atom is -0.382 e. The summed E-state index contributed by atoms with van der Waals surface area (Å²) in [5.74, 6) is 0.765. The zero-order valence-electron chi connectivity index (χ0n) is 18.2. The van der Waals surface area contributed by atoms with Gasteiger partial charge in [-0.1, -0.05) is 23.8 Å². The molecule has 0 bridgehead atoms. The highest BCUT2D eigenvalue weighted by atomic mass is 16.1. The smallest absolute Gasteiger partial charge is 0.257 e. The molecule has 0 unspecified atom stereocenters. The fraction of sp³-hybridized carbons (Fsp3) is 0.208. The van der Waals surface area contributed by atoms with Gasteiger partial charge in [0.15, 0.2) is 0 Å². The lowest BCUT2D eigenvalue weighted by Crippen LogP contribution is -2.15. The topological polar surface area (TPSA) is 90.8 Å². The Balaban J connectivity index is 1.56. The van der Waals surface area contributed by atoms with E-state index in [0.29, 0.717) is 23.9 Å². The first-order valence-electron chi connectivity index (χ1n) is 10.1. The number of hydrogen-bond acceptors (Lipinski definition) is 4. The Hall–Kier alpha value is -3.87. The number of hydrogen-bond donors (Lipinski definition) is 2. The molecule has 2 aromatic heterocycles. The van der Waals surface area contributed by atoms with Crippen LogP contribution in [0.3, 0.4) is 0 Å². The van der Waals surface area contributed by atoms with Gasteiger partial charge in [0.25, 0.3) is 5.91 Å². The van der Waals surface area contributed by atoms with Gasteiger partial charge in [0.2, 0.25) is 5.95 Å². The molecule has 31 heavy (non-hydrogen) atoms. The summed E-state index contributed by atoms with van der Waals surface area (Å²) in [5.41, 5.74) is 12.9. The number of anilines is 2. The zero-order chi connectivity index (χ0) is 22.1. The van der Waals surface area contributed by atoms with Crippen molar-refractivity contribution in [2.45, 2.75) is 27.3 Å². The van der Waals surface area contributed by atoms with Crippen LogP contribution in [-0.4, -0.2) is 25.2 Å². The van der Waals surface area contributed by atoms with Crippen molar-refractivity contribution in [3.8, 4) is 11.3 Å². The van der Waals surface area contributed by atoms with Crippen LogP contribution in [0.15, 0.2) is 54.9 Å². The second kappa shape index (κ2) is 8.10. The lowest BCUT2D eigenvalue weighted by molar-refractivity contribution is 0.102. The molecule has 1 amide bonds. The lowest BCUT2D eigenvalue weighted by Gasteiger charge is -2.12. The quantitative estimate of drug-likeness (QED) is 0.515. The molecular weight excluding hydrogens is 388 g/mol. The molecule has 0 fully saturated rings. The third-order valence-electron chi connectivity index (χ3n) is 5.50. The Morgan fingerprint density at radius 3 is 2.68 bits per heavy atom. The van der Waals surface area contributed by atoms with Crippen molar-refractivity contribution in [1.29, 1.82) is 0 Å². The fourth-order valence-electron chi connectivity index (χ4n) is 3.72. The fourth-order valence-corrected chi connectivity index (χ4v) is 3.72. The average Bonchev–Trinajstić information content (AvgIpc) is 3.30. The number of carbonyl (C=O) groups is 1. The molecule has 7 nitrogen and oxygen atoms in total. The van der Waals surface area contributed by atoms with Crippen molar-refractivity contribution in [2.75, 3.05) is 11.1 Å². The minimum absolute atomic E-state index is 0.209. The number of aryl methyl sites for hydroxylation is 2. The van der Waals surface area contributed by atoms with Crippen LogP contribution >= 0.6 is 0 Å². The van der Waals surface area contributed by atoms with E-state index < -0.39 is 0 Å². The number of nitrogens with one attached hydrogen (secondary N) is 1. The van der Waals surface area contributed by atoms with Gasteiger partial charge < -0.3 is 10.3 Å². The molecule has 0 atom stereocenters. The van der Waals surface area contributed by atoms with Crippen LogP contribution in [0.5, 0.6) is 0 Å². The van der Waals surface area contributed by atoms with Crippen LogP contribution in [0.2, 0.25) is 0 Å². The number of carbonyl (C=O) groups excluding carboxylic acids is 1. The van der Waals surface area contributed by atoms with Crippen molar-refractivity contribution in [1.82, 2.24) is 19.3 Å². The van der Waals surface area contributed by atoms with Gasteiger partial charge in [-0.2, -0.15) is 5.10 Å². The number of nitrogens with zero attached hydrogens (tertiary/aromatic N) is 4. The van der Waals surface area contributed by atoms with Gasteiger partial charge >= 0.3 is 0 Å². The van der Waals surface area contributed by atoms with Crippen molar-refractivity contribution < 1.29 is 4.79 Å². The first kappa shape index (κ1) is 20.4. The standard InChI is InChI=1S/C24H26N6O/c1-15-10-16(2)17(3)20(11-15)21-13-26-24(29(21)4)27-23(31)19-7-5-6-18(12-19)14-30-9-8-22(25)28-30/h5-13H,14H2,1-4H3,(H2,25,28)(H,26,27,31). The number of nitrogen functional groups attached to an aromatic ring is 1. The van der Waals surface area contributed by atoms with E-state index in [-0.39, 0.29) is 5.91 Å². The SMILES string of the molecule is Cc1cc(C)c(C)c(-c2cnc(NC(=O)c3cccc(Cn4ccc(N)n4)c3)n2C)c1. The van der Waals surface area contributed by atoms with Crippen molar-refractivity contribution in [3.05, 3.63) is 82.7 Å². The lowest BCUT2D eigenvalue weighted by atomic mass is 9.98. The Morgan fingerprint density at radius 2 is 1.94 bits per heavy atom. The second-order valence-electron chi connectivity index (χ2n) is 7.87. The van der Waals surface area contributed by atoms with E-state index >= 15 is 0 Å². The largest absolute Gasteiger partial charge is 0.382 e. The number of rotatable bonds is 5. The molecular formula is C24H26N6O. The van der Waals surface area contributed by atoms with E-state index in [1.54, 1.807) is 23.0 Å². The maximum atomic E-state index is 12.9. The maximum absolute atomic E-state index is 12.9. The number of imidazole rings is 1. The summed E-state index contributed by atoms with van der Waals surface area (Å²) in [6, 6.07) is 13.5. The third kappa shape index (κ3) is 4.21. The predicted octanol–water partition coefficient (Wildman–Crippen LogP) is 4.09. The van der Waals surface area contributed by atoms with E-state index in [4.69, 9.17) is 5.73 Å². The van der Waals surface area contributed by atoms with Gasteiger partial charge in [-0.25, -0.2) is 4.98 Å². The molecule has 2 aromatic carbocycles. The Bertz CT molecular complexity index is 1270. The molecule has 0 aliphatic heterocycles. The predicted molar refractivity (Wildman–Crippen MR) is 123 cm³/mol. The summed E-state index contributed by atoms with van der Waals surface area (Å²) in [6.07, 6.45) is 3.61. The first-order valence-corrected chi connectivity index (χ1v) is 10.1. The molecule has 4 rings (SSSR count). The van der Waals surface area contributed by atoms with E-state index in [0.717, 1.165) is 16.8 Å². The van der Waals surface area contributed by atoms with Crippen LogP contribution < -0.4 is 11.1 Å². The minimum atomic E-state index is -0.209. The van der Waals surface area contributed by atoms with Gasteiger partial charge in [0.1, 0.15) is 5.82 Å². The first-order chi connectivity index (χ1) is 14.8. The van der Waals surface area contributed by atoms with Gasteiger partial charge in [0.05, 0.1) is 18.4 Å². The van der Waals surface area contributed by atoms with Gasteiger partial charge in [-0.3, -0.25) is 14.8 Å². The molecule has 0 radical (unpaired) electrons. The summed E-state index contributed by atoms with van der Waals surface area (Å²) < 4.78 is 3.65. The normalized spacial score (nSPS) is 11.0. The number of benzene rings is 2. The summed E-state index contributed by atoms with van der Waals surface area (Å²) in [6.45, 7) is 6.83. The maximum Gasteiger partial charge on any atom is 0.257 e. The highest BCUT2D eigenvalue weighted by Gasteiger charge is 2.15. The molecule has 3 N–H and O–H groups in total. The Morgan fingerprint density at radius 1 is 1.13 bits per heavy atom. The van der Waals surface area contributed by atoms with Crippen LogP contribution in [0, 0.1) is 20.8 Å². The molecule has 0 aliphatic carbocycles. The molecule has 158 valence electrons. The van der Waals surface area contributed by atoms with Crippen LogP contribution in [-0.2, 0) is 13.6 Å². The molecule has 4 aromatic rings. The average molecular weight is 415 g/mol. The highest BCUT2D eigenvalue weighted by Crippen LogP contribution is 2.28. The summed E-state index contributed by atoms with van der Waals surface area (Å²) >= 11 is 0. The van der Waals surface area contributed by atoms with Gasteiger partial charge in [-0.05, 0) is 61.7 Å². The zero-order valence-corrected chi connectivity index (χ0v) is 18.2. The third-order valence-corrected chi connectivity index (χ3v) is 5.50. The highest BCUT2D eigenvalue weighted by molar-refractivity contribution is 6.03. The number of amides is 1. The monoisotopic (exact) mass is 414 g/mol. The number of aromatic nitrogens is 4. The van der Waals surface area contributed by atoms with Crippen LogP contribution in [0.4, 0.5) is 11.8 Å². The van der Waals surface area contributed by atoms with E-state index in [9.17, 15) is 4.79 Å². The van der Waals surface area contributed by atoms with E-state index in [1.807, 2.05) is 36.0 Å². The van der Waals surface area contributed by atoms with Crippen molar-refractivity contribution >= 4 is 17.7 Å². The summed E-state index contributed by atoms with van der Waals surface area (Å²) in [7, 11) is 1.91. The van der Waals surface area contributed by atoms with Crippen molar-refractivity contribution in [3.63, 3.8) is 0 Å².